The molecule has 41 heavy (non-hydrogen) atoms. The summed E-state index contributed by atoms with van der Waals surface area (Å²) in [5.41, 5.74) is -2.41. The van der Waals surface area contributed by atoms with Crippen molar-refractivity contribution in [3.05, 3.63) is 71.1 Å². The van der Waals surface area contributed by atoms with Crippen LogP contribution in [0.3, 0.4) is 0 Å². The molecule has 10 nitrogen and oxygen atoms in total. The van der Waals surface area contributed by atoms with E-state index in [0.29, 0.717) is 19.0 Å². The fourth-order valence-electron chi connectivity index (χ4n) is 4.08. The summed E-state index contributed by atoms with van der Waals surface area (Å²) in [7, 11) is -3.33. The zero-order valence-electron chi connectivity index (χ0n) is 21.6. The van der Waals surface area contributed by atoms with Crippen LogP contribution in [0, 0.1) is 23.3 Å². The van der Waals surface area contributed by atoms with Crippen molar-refractivity contribution in [2.45, 2.75) is 24.0 Å². The van der Waals surface area contributed by atoms with Gasteiger partial charge in [-0.25, -0.2) is 31.0 Å². The fraction of sp³-hybridized carbons (Fsp3) is 0.231. The van der Waals surface area contributed by atoms with Crippen molar-refractivity contribution in [1.82, 2.24) is 25.8 Å². The number of aromatic nitrogens is 3. The average molecular weight is 594 g/mol. The first-order chi connectivity index (χ1) is 19.4. The molecule has 4 aromatic rings. The monoisotopic (exact) mass is 593 g/mol. The summed E-state index contributed by atoms with van der Waals surface area (Å²) in [4.78, 5) is 26.4. The van der Waals surface area contributed by atoms with Crippen molar-refractivity contribution in [1.29, 1.82) is 0 Å². The minimum atomic E-state index is -4.45. The molecular formula is C26H23F4N5O5S. The minimum Gasteiger partial charge on any atom is -0.480 e. The van der Waals surface area contributed by atoms with Gasteiger partial charge in [-0.1, -0.05) is 12.1 Å². The smallest absolute Gasteiger partial charge is 0.269 e. The molecule has 0 bridgehead atoms. The lowest BCUT2D eigenvalue weighted by Gasteiger charge is -2.13. The van der Waals surface area contributed by atoms with Crippen LogP contribution in [0.25, 0.3) is 22.0 Å². The summed E-state index contributed by atoms with van der Waals surface area (Å²) in [5, 5.41) is 11.4. The van der Waals surface area contributed by atoms with Crippen LogP contribution in [0.2, 0.25) is 0 Å². The second kappa shape index (κ2) is 11.9. The number of amides is 2. The zero-order chi connectivity index (χ0) is 29.9. The predicted octanol–water partition coefficient (Wildman–Crippen LogP) is 3.42. The van der Waals surface area contributed by atoms with Crippen LogP contribution in [0.15, 0.2) is 41.4 Å². The lowest BCUT2D eigenvalue weighted by Crippen LogP contribution is -2.29. The highest BCUT2D eigenvalue weighted by molar-refractivity contribution is 7.90. The highest BCUT2D eigenvalue weighted by Crippen LogP contribution is 2.35. The zero-order valence-corrected chi connectivity index (χ0v) is 22.5. The number of hydrogen-bond acceptors (Lipinski definition) is 7. The Hall–Kier alpha value is -4.53. The molecule has 3 N–H and O–H groups in total. The van der Waals surface area contributed by atoms with E-state index in [1.165, 1.54) is 13.0 Å². The van der Waals surface area contributed by atoms with Gasteiger partial charge in [0.15, 0.2) is 15.7 Å². The molecule has 0 radical (unpaired) electrons. The molecule has 0 aliphatic carbocycles. The number of sulfone groups is 1. The molecule has 2 aromatic carbocycles. The van der Waals surface area contributed by atoms with Crippen molar-refractivity contribution in [3.8, 4) is 17.0 Å². The number of carbonyl (C=O) groups is 2. The predicted molar refractivity (Wildman–Crippen MR) is 139 cm³/mol. The van der Waals surface area contributed by atoms with Crippen molar-refractivity contribution < 1.29 is 40.3 Å². The molecule has 0 unspecified atom stereocenters. The van der Waals surface area contributed by atoms with E-state index in [0.717, 1.165) is 31.5 Å². The minimum absolute atomic E-state index is 0.0378. The van der Waals surface area contributed by atoms with Gasteiger partial charge in [-0.05, 0) is 24.6 Å². The summed E-state index contributed by atoms with van der Waals surface area (Å²) in [5.74, 6) is -6.96. The van der Waals surface area contributed by atoms with Crippen LogP contribution in [-0.2, 0) is 20.4 Å². The van der Waals surface area contributed by atoms with Crippen molar-refractivity contribution in [2.24, 2.45) is 0 Å². The molecule has 0 saturated carbocycles. The summed E-state index contributed by atoms with van der Waals surface area (Å²) in [6.07, 6.45) is 1.18. The van der Waals surface area contributed by atoms with Crippen LogP contribution in [0.1, 0.15) is 29.4 Å². The van der Waals surface area contributed by atoms with Gasteiger partial charge in [0.25, 0.3) is 5.91 Å². The van der Waals surface area contributed by atoms with E-state index in [-0.39, 0.29) is 29.0 Å². The number of rotatable bonds is 10. The third-order valence-corrected chi connectivity index (χ3v) is 7.66. The standard InChI is InChI=1S/C26H23F4N5O5S/c1-13(36)31-8-3-9-32-25(37)24-17-6-5-16(22(30)23(17)34-35-24)20-18(28)7-4-14(21(20)29)12-41(38,39)19-10-15(27)11-33-26(19)40-2/h4-7,10-11H,3,8-9,12H2,1-2H3,(H,31,36)(H,32,37)(H,34,35). The number of nitrogens with one attached hydrogen (secondary N) is 3. The summed E-state index contributed by atoms with van der Waals surface area (Å²) in [6, 6.07) is 4.60. The van der Waals surface area contributed by atoms with E-state index in [1.807, 2.05) is 0 Å². The Morgan fingerprint density at radius 1 is 1.02 bits per heavy atom. The number of carbonyl (C=O) groups excluding carboxylic acids is 2. The Kier molecular flexibility index (Phi) is 8.56. The van der Waals surface area contributed by atoms with Crippen molar-refractivity contribution >= 4 is 32.6 Å². The van der Waals surface area contributed by atoms with Gasteiger partial charge < -0.3 is 15.4 Å². The maximum absolute atomic E-state index is 15.6. The summed E-state index contributed by atoms with van der Waals surface area (Å²) in [6.45, 7) is 1.89. The normalized spacial score (nSPS) is 11.5. The van der Waals surface area contributed by atoms with E-state index in [2.05, 4.69) is 25.8 Å². The number of hydrogen-bond donors (Lipinski definition) is 3. The first-order valence-electron chi connectivity index (χ1n) is 12.0. The van der Waals surface area contributed by atoms with Gasteiger partial charge in [-0.3, -0.25) is 14.7 Å². The average Bonchev–Trinajstić information content (AvgIpc) is 3.36. The van der Waals surface area contributed by atoms with Crippen LogP contribution in [0.4, 0.5) is 17.6 Å². The van der Waals surface area contributed by atoms with Gasteiger partial charge in [-0.15, -0.1) is 0 Å². The quantitative estimate of drug-likeness (QED) is 0.189. The Morgan fingerprint density at radius 3 is 2.46 bits per heavy atom. The van der Waals surface area contributed by atoms with Gasteiger partial charge in [-0.2, -0.15) is 5.10 Å². The Bertz CT molecular complexity index is 1760. The molecule has 2 aromatic heterocycles. The molecule has 216 valence electrons. The Morgan fingerprint density at radius 2 is 1.76 bits per heavy atom. The molecule has 2 amide bonds. The maximum Gasteiger partial charge on any atom is 0.269 e. The topological polar surface area (TPSA) is 143 Å². The van der Waals surface area contributed by atoms with Crippen LogP contribution in [-0.4, -0.2) is 55.6 Å². The molecular weight excluding hydrogens is 570 g/mol. The fourth-order valence-corrected chi connectivity index (χ4v) is 5.56. The van der Waals surface area contributed by atoms with Gasteiger partial charge >= 0.3 is 0 Å². The van der Waals surface area contributed by atoms with E-state index in [1.54, 1.807) is 0 Å². The van der Waals surface area contributed by atoms with Crippen LogP contribution in [0.5, 0.6) is 5.88 Å². The van der Waals surface area contributed by atoms with E-state index < -0.39 is 72.2 Å². The SMILES string of the molecule is COc1ncc(F)cc1S(=O)(=O)Cc1ccc(F)c(-c2ccc3c(C(=O)NCCCNC(C)=O)[nH]nc3c2F)c1F. The van der Waals surface area contributed by atoms with E-state index in [9.17, 15) is 26.8 Å². The number of ether oxygens (including phenoxy) is 1. The van der Waals surface area contributed by atoms with Crippen molar-refractivity contribution in [2.75, 3.05) is 20.2 Å². The van der Waals surface area contributed by atoms with Crippen LogP contribution >= 0.6 is 0 Å². The molecule has 0 atom stereocenters. The number of halogens is 4. The number of pyridine rings is 1. The second-order valence-electron chi connectivity index (χ2n) is 8.83. The number of aromatic amines is 1. The molecule has 0 saturated heterocycles. The van der Waals surface area contributed by atoms with Gasteiger partial charge in [0.05, 0.1) is 24.6 Å². The second-order valence-corrected chi connectivity index (χ2v) is 10.8. The maximum atomic E-state index is 15.6. The van der Waals surface area contributed by atoms with Crippen LogP contribution < -0.4 is 15.4 Å². The Labute approximate surface area is 231 Å². The molecule has 4 rings (SSSR count). The highest BCUT2D eigenvalue weighted by Gasteiger charge is 2.28. The highest BCUT2D eigenvalue weighted by atomic mass is 32.2. The lowest BCUT2D eigenvalue weighted by molar-refractivity contribution is -0.118. The molecule has 2 heterocycles. The van der Waals surface area contributed by atoms with Gasteiger partial charge in [0.2, 0.25) is 11.8 Å². The first-order valence-corrected chi connectivity index (χ1v) is 13.7. The summed E-state index contributed by atoms with van der Waals surface area (Å²) < 4.78 is 90.5. The van der Waals surface area contributed by atoms with E-state index in [4.69, 9.17) is 4.74 Å². The molecule has 0 aliphatic heterocycles. The molecule has 0 spiro atoms. The molecule has 15 heteroatoms. The Balaban J connectivity index is 1.65. The molecule has 0 fully saturated rings. The lowest BCUT2D eigenvalue weighted by atomic mass is 9.99. The van der Waals surface area contributed by atoms with Gasteiger partial charge in [0, 0.05) is 36.5 Å². The third-order valence-electron chi connectivity index (χ3n) is 6.00. The van der Waals surface area contributed by atoms with Crippen molar-refractivity contribution in [3.63, 3.8) is 0 Å². The molecule has 0 aliphatic rings. The number of benzene rings is 2. The summed E-state index contributed by atoms with van der Waals surface area (Å²) >= 11 is 0. The largest absolute Gasteiger partial charge is 0.480 e. The number of H-pyrrole nitrogens is 1. The van der Waals surface area contributed by atoms with E-state index >= 15 is 8.78 Å². The third kappa shape index (κ3) is 6.14. The number of fused-ring (bicyclic) bond motifs is 1. The number of nitrogens with zero attached hydrogens (tertiary/aromatic N) is 2. The number of methoxy groups -OCH3 is 1. The first kappa shape index (κ1) is 29.5. The van der Waals surface area contributed by atoms with Gasteiger partial charge in [0.1, 0.15) is 33.6 Å².